The molecule has 0 fully saturated rings. The van der Waals surface area contributed by atoms with Gasteiger partial charge in [-0.15, -0.1) is 0 Å². The first-order valence-corrected chi connectivity index (χ1v) is 5.17. The number of hydrogen-bond donors (Lipinski definition) is 4. The van der Waals surface area contributed by atoms with Crippen LogP contribution in [-0.2, 0) is 6.42 Å². The Balaban J connectivity index is 2.07. The quantitative estimate of drug-likeness (QED) is 0.602. The third-order valence-electron chi connectivity index (χ3n) is 2.41. The van der Waals surface area contributed by atoms with Gasteiger partial charge in [-0.25, -0.2) is 0 Å². The highest BCUT2D eigenvalue weighted by Crippen LogP contribution is 2.22. The number of H-pyrrole nitrogens is 1. The lowest BCUT2D eigenvalue weighted by molar-refractivity contribution is 0.606. The monoisotopic (exact) mass is 233 g/mol. The van der Waals surface area contributed by atoms with E-state index in [2.05, 4.69) is 9.98 Å². The molecule has 0 aliphatic rings. The van der Waals surface area contributed by atoms with Gasteiger partial charge < -0.3 is 26.6 Å². The molecule has 90 valence electrons. The number of nitrogens with one attached hydrogen (secondary N) is 1. The summed E-state index contributed by atoms with van der Waals surface area (Å²) in [5.41, 5.74) is 19.3. The zero-order valence-corrected chi connectivity index (χ0v) is 9.53. The number of aryl methyl sites for hydroxylation is 1. The average molecular weight is 233 g/mol. The SMILES string of the molecule is Cc1[nH]c(N)cc1N=CCc1cc(N)oc1N. The molecule has 0 saturated carbocycles. The van der Waals surface area contributed by atoms with Crippen LogP contribution < -0.4 is 17.2 Å². The number of aromatic amines is 1. The lowest BCUT2D eigenvalue weighted by Gasteiger charge is -1.92. The Bertz CT molecular complexity index is 552. The Morgan fingerprint density at radius 3 is 2.65 bits per heavy atom. The van der Waals surface area contributed by atoms with Gasteiger partial charge in [0.2, 0.25) is 0 Å². The smallest absolute Gasteiger partial charge is 0.196 e. The van der Waals surface area contributed by atoms with E-state index in [1.165, 1.54) is 0 Å². The minimum absolute atomic E-state index is 0.313. The second kappa shape index (κ2) is 4.25. The molecular weight excluding hydrogens is 218 g/mol. The van der Waals surface area contributed by atoms with Crippen LogP contribution in [0, 0.1) is 6.92 Å². The van der Waals surface area contributed by atoms with Gasteiger partial charge in [0.1, 0.15) is 5.82 Å². The van der Waals surface area contributed by atoms with Crippen molar-refractivity contribution < 1.29 is 4.42 Å². The van der Waals surface area contributed by atoms with Gasteiger partial charge in [0.15, 0.2) is 11.8 Å². The second-order valence-electron chi connectivity index (χ2n) is 3.79. The maximum absolute atomic E-state index is 5.62. The van der Waals surface area contributed by atoms with Crippen LogP contribution in [0.3, 0.4) is 0 Å². The Morgan fingerprint density at radius 2 is 2.12 bits per heavy atom. The van der Waals surface area contributed by atoms with Crippen molar-refractivity contribution in [3.05, 3.63) is 23.4 Å². The molecule has 2 rings (SSSR count). The van der Waals surface area contributed by atoms with Crippen LogP contribution in [0.1, 0.15) is 11.3 Å². The molecule has 0 aliphatic heterocycles. The van der Waals surface area contributed by atoms with Crippen LogP contribution in [0.25, 0.3) is 0 Å². The van der Waals surface area contributed by atoms with Gasteiger partial charge >= 0.3 is 0 Å². The summed E-state index contributed by atoms with van der Waals surface area (Å²) >= 11 is 0. The Kier molecular flexibility index (Phi) is 2.78. The molecule has 0 spiro atoms. The fourth-order valence-corrected chi connectivity index (χ4v) is 1.57. The van der Waals surface area contributed by atoms with Gasteiger partial charge in [0.25, 0.3) is 0 Å². The van der Waals surface area contributed by atoms with E-state index >= 15 is 0 Å². The number of anilines is 3. The summed E-state index contributed by atoms with van der Waals surface area (Å²) in [6.07, 6.45) is 2.31. The highest BCUT2D eigenvalue weighted by molar-refractivity contribution is 5.70. The molecule has 0 saturated heterocycles. The number of rotatable bonds is 3. The second-order valence-corrected chi connectivity index (χ2v) is 3.79. The van der Waals surface area contributed by atoms with Gasteiger partial charge in [-0.3, -0.25) is 4.99 Å². The highest BCUT2D eigenvalue weighted by Gasteiger charge is 2.04. The van der Waals surface area contributed by atoms with E-state index in [4.69, 9.17) is 21.6 Å². The van der Waals surface area contributed by atoms with E-state index in [1.807, 2.05) is 6.92 Å². The van der Waals surface area contributed by atoms with Crippen LogP contribution in [0.15, 0.2) is 21.5 Å². The summed E-state index contributed by atoms with van der Waals surface area (Å²) < 4.78 is 5.01. The normalized spacial score (nSPS) is 11.4. The molecule has 6 heteroatoms. The van der Waals surface area contributed by atoms with Crippen molar-refractivity contribution >= 4 is 29.5 Å². The Labute approximate surface area is 98.5 Å². The van der Waals surface area contributed by atoms with Crippen LogP contribution in [0.5, 0.6) is 0 Å². The summed E-state index contributed by atoms with van der Waals surface area (Å²) in [4.78, 5) is 7.27. The number of nitrogens with two attached hydrogens (primary N) is 3. The standard InChI is InChI=1S/C11H15N5O/c1-6-8(5-9(12)16-6)15-3-2-7-4-10(13)17-11(7)14/h3-5,16H,2,12-14H2,1H3. The van der Waals surface area contributed by atoms with E-state index in [-0.39, 0.29) is 0 Å². The molecular formula is C11H15N5O. The van der Waals surface area contributed by atoms with Gasteiger partial charge in [-0.1, -0.05) is 0 Å². The maximum atomic E-state index is 5.62. The highest BCUT2D eigenvalue weighted by atomic mass is 16.4. The van der Waals surface area contributed by atoms with Crippen molar-refractivity contribution in [1.29, 1.82) is 0 Å². The van der Waals surface area contributed by atoms with E-state index in [9.17, 15) is 0 Å². The predicted molar refractivity (Wildman–Crippen MR) is 69.3 cm³/mol. The molecule has 6 nitrogen and oxygen atoms in total. The third kappa shape index (κ3) is 2.41. The van der Waals surface area contributed by atoms with Gasteiger partial charge in [0, 0.05) is 36.0 Å². The van der Waals surface area contributed by atoms with Crippen molar-refractivity contribution in [2.45, 2.75) is 13.3 Å². The van der Waals surface area contributed by atoms with Crippen molar-refractivity contribution in [3.8, 4) is 0 Å². The topological polar surface area (TPSA) is 119 Å². The number of nitrogens with zero attached hydrogens (tertiary/aromatic N) is 1. The van der Waals surface area contributed by atoms with Gasteiger partial charge in [-0.05, 0) is 6.92 Å². The number of hydrogen-bond acceptors (Lipinski definition) is 5. The molecule has 17 heavy (non-hydrogen) atoms. The van der Waals surface area contributed by atoms with Gasteiger partial charge in [0.05, 0.1) is 5.69 Å². The maximum Gasteiger partial charge on any atom is 0.196 e. The van der Waals surface area contributed by atoms with Crippen molar-refractivity contribution in [3.63, 3.8) is 0 Å². The number of aliphatic imine (C=N–C) groups is 1. The lowest BCUT2D eigenvalue weighted by atomic mass is 10.2. The van der Waals surface area contributed by atoms with Gasteiger partial charge in [-0.2, -0.15) is 0 Å². The van der Waals surface area contributed by atoms with Crippen LogP contribution in [-0.4, -0.2) is 11.2 Å². The Hall–Kier alpha value is -2.37. The van der Waals surface area contributed by atoms with E-state index in [0.717, 1.165) is 16.9 Å². The molecule has 2 aromatic rings. The molecule has 0 radical (unpaired) electrons. The first-order chi connectivity index (χ1) is 8.06. The van der Waals surface area contributed by atoms with Crippen molar-refractivity contribution in [2.75, 3.05) is 17.2 Å². The van der Waals surface area contributed by atoms with Crippen LogP contribution in [0.2, 0.25) is 0 Å². The lowest BCUT2D eigenvalue weighted by Crippen LogP contribution is -1.90. The molecule has 0 aliphatic carbocycles. The van der Waals surface area contributed by atoms with E-state index in [1.54, 1.807) is 18.3 Å². The van der Waals surface area contributed by atoms with Crippen molar-refractivity contribution in [1.82, 2.24) is 4.98 Å². The fraction of sp³-hybridized carbons (Fsp3) is 0.182. The molecule has 0 atom stereocenters. The van der Waals surface area contributed by atoms with E-state index < -0.39 is 0 Å². The van der Waals surface area contributed by atoms with Crippen molar-refractivity contribution in [2.24, 2.45) is 4.99 Å². The molecule has 2 heterocycles. The molecule has 0 unspecified atom stereocenters. The molecule has 0 aromatic carbocycles. The Morgan fingerprint density at radius 1 is 1.35 bits per heavy atom. The van der Waals surface area contributed by atoms with Crippen LogP contribution in [0.4, 0.5) is 23.3 Å². The van der Waals surface area contributed by atoms with Crippen LogP contribution >= 0.6 is 0 Å². The summed E-state index contributed by atoms with van der Waals surface area (Å²) in [5, 5.41) is 0. The summed E-state index contributed by atoms with van der Waals surface area (Å²) in [5.74, 6) is 1.24. The first-order valence-electron chi connectivity index (χ1n) is 5.17. The average Bonchev–Trinajstić information content (AvgIpc) is 2.71. The predicted octanol–water partition coefficient (Wildman–Crippen LogP) is 1.61. The third-order valence-corrected chi connectivity index (χ3v) is 2.41. The molecule has 7 N–H and O–H groups in total. The summed E-state index contributed by atoms with van der Waals surface area (Å²) in [6.45, 7) is 1.91. The zero-order chi connectivity index (χ0) is 12.4. The fourth-order valence-electron chi connectivity index (χ4n) is 1.57. The largest absolute Gasteiger partial charge is 0.426 e. The first kappa shape index (κ1) is 11.1. The zero-order valence-electron chi connectivity index (χ0n) is 9.53. The minimum Gasteiger partial charge on any atom is -0.426 e. The number of nitrogen functional groups attached to an aromatic ring is 3. The molecule has 0 amide bonds. The molecule has 2 aromatic heterocycles. The number of aromatic nitrogens is 1. The summed E-state index contributed by atoms with van der Waals surface area (Å²) in [6, 6.07) is 3.47. The summed E-state index contributed by atoms with van der Waals surface area (Å²) in [7, 11) is 0. The molecule has 0 bridgehead atoms. The minimum atomic E-state index is 0.313. The number of furan rings is 1. The van der Waals surface area contributed by atoms with E-state index in [0.29, 0.717) is 24.0 Å².